The number of benzene rings is 2. The molecule has 0 unspecified atom stereocenters. The molecule has 0 fully saturated rings. The zero-order valence-corrected chi connectivity index (χ0v) is 21.1. The Kier molecular flexibility index (Phi) is 9.16. The molecule has 4 rings (SSSR count). The SMILES string of the molecule is COCc1[nH]nc(C(=O)NCc2c(OCF)cccc2C(F)F)c1Cc1ccc(Cc2ccc[nH]c2=O)cc1. The van der Waals surface area contributed by atoms with Crippen molar-refractivity contribution in [3.63, 3.8) is 0 Å². The highest BCUT2D eigenvalue weighted by molar-refractivity contribution is 5.94. The van der Waals surface area contributed by atoms with Gasteiger partial charge in [0.05, 0.1) is 12.3 Å². The highest BCUT2D eigenvalue weighted by atomic mass is 19.3. The van der Waals surface area contributed by atoms with Crippen molar-refractivity contribution in [3.05, 3.63) is 116 Å². The van der Waals surface area contributed by atoms with Gasteiger partial charge in [-0.1, -0.05) is 42.5 Å². The minimum Gasteiger partial charge on any atom is -0.463 e. The number of hydrogen-bond acceptors (Lipinski definition) is 5. The van der Waals surface area contributed by atoms with Crippen molar-refractivity contribution in [3.8, 4) is 5.75 Å². The van der Waals surface area contributed by atoms with Crippen molar-refractivity contribution in [2.75, 3.05) is 14.0 Å². The van der Waals surface area contributed by atoms with Crippen LogP contribution >= 0.6 is 0 Å². The summed E-state index contributed by atoms with van der Waals surface area (Å²) in [7, 11) is 1.51. The summed E-state index contributed by atoms with van der Waals surface area (Å²) < 4.78 is 50.0. The summed E-state index contributed by atoms with van der Waals surface area (Å²) in [6, 6.07) is 15.1. The molecule has 2 heterocycles. The van der Waals surface area contributed by atoms with E-state index in [0.717, 1.165) is 11.1 Å². The molecule has 11 heteroatoms. The van der Waals surface area contributed by atoms with E-state index in [1.54, 1.807) is 18.3 Å². The molecule has 8 nitrogen and oxygen atoms in total. The quantitative estimate of drug-likeness (QED) is 0.243. The molecule has 0 spiro atoms. The third kappa shape index (κ3) is 6.74. The van der Waals surface area contributed by atoms with Gasteiger partial charge in [-0.25, -0.2) is 13.2 Å². The number of halogens is 3. The van der Waals surface area contributed by atoms with Crippen LogP contribution in [-0.2, 0) is 30.7 Å². The van der Waals surface area contributed by atoms with E-state index in [2.05, 4.69) is 20.5 Å². The highest BCUT2D eigenvalue weighted by Gasteiger charge is 2.22. The second-order valence-corrected chi connectivity index (χ2v) is 8.72. The molecule has 0 aliphatic carbocycles. The molecule has 0 atom stereocenters. The molecule has 0 saturated heterocycles. The third-order valence-corrected chi connectivity index (χ3v) is 6.19. The minimum atomic E-state index is -2.84. The molecular formula is C28H27F3N4O4. The van der Waals surface area contributed by atoms with Crippen LogP contribution in [0, 0.1) is 0 Å². The van der Waals surface area contributed by atoms with Crippen molar-refractivity contribution >= 4 is 5.91 Å². The number of nitrogens with one attached hydrogen (secondary N) is 3. The molecule has 2 aromatic heterocycles. The van der Waals surface area contributed by atoms with Gasteiger partial charge in [0.25, 0.3) is 17.9 Å². The summed E-state index contributed by atoms with van der Waals surface area (Å²) in [6.45, 7) is -1.33. The lowest BCUT2D eigenvalue weighted by molar-refractivity contribution is 0.0942. The molecule has 0 bridgehead atoms. The maximum absolute atomic E-state index is 13.5. The van der Waals surface area contributed by atoms with Gasteiger partial charge in [-0.3, -0.25) is 14.7 Å². The summed E-state index contributed by atoms with van der Waals surface area (Å²) in [4.78, 5) is 27.7. The highest BCUT2D eigenvalue weighted by Crippen LogP contribution is 2.30. The van der Waals surface area contributed by atoms with E-state index in [4.69, 9.17) is 9.47 Å². The van der Waals surface area contributed by atoms with Gasteiger partial charge < -0.3 is 19.8 Å². The van der Waals surface area contributed by atoms with Crippen LogP contribution in [0.5, 0.6) is 5.75 Å². The lowest BCUT2D eigenvalue weighted by Crippen LogP contribution is -2.25. The number of hydrogen-bond donors (Lipinski definition) is 3. The molecular weight excluding hydrogens is 513 g/mol. The second kappa shape index (κ2) is 12.9. The number of amides is 1. The normalized spacial score (nSPS) is 11.1. The summed E-state index contributed by atoms with van der Waals surface area (Å²) in [5, 5.41) is 9.57. The lowest BCUT2D eigenvalue weighted by atomic mass is 9.99. The number of methoxy groups -OCH3 is 1. The first-order valence-electron chi connectivity index (χ1n) is 12.1. The summed E-state index contributed by atoms with van der Waals surface area (Å²) in [6.07, 6.45) is -0.440. The van der Waals surface area contributed by atoms with E-state index in [0.29, 0.717) is 29.7 Å². The number of pyridine rings is 1. The van der Waals surface area contributed by atoms with Crippen LogP contribution in [0.1, 0.15) is 56.0 Å². The monoisotopic (exact) mass is 540 g/mol. The van der Waals surface area contributed by atoms with Crippen LogP contribution < -0.4 is 15.6 Å². The van der Waals surface area contributed by atoms with Gasteiger partial charge in [0.1, 0.15) is 5.75 Å². The van der Waals surface area contributed by atoms with Gasteiger partial charge in [0, 0.05) is 54.9 Å². The van der Waals surface area contributed by atoms with E-state index >= 15 is 0 Å². The molecule has 0 radical (unpaired) electrons. The van der Waals surface area contributed by atoms with Gasteiger partial charge in [0.15, 0.2) is 5.69 Å². The number of aromatic amines is 2. The van der Waals surface area contributed by atoms with Gasteiger partial charge in [-0.05, 0) is 23.3 Å². The van der Waals surface area contributed by atoms with E-state index in [9.17, 15) is 22.8 Å². The zero-order chi connectivity index (χ0) is 27.8. The first kappa shape index (κ1) is 27.6. The first-order chi connectivity index (χ1) is 18.9. The number of nitrogens with zero attached hydrogens (tertiary/aromatic N) is 1. The zero-order valence-electron chi connectivity index (χ0n) is 21.1. The fraction of sp³-hybridized carbons (Fsp3) is 0.250. The molecule has 204 valence electrons. The van der Waals surface area contributed by atoms with E-state index in [-0.39, 0.29) is 41.3 Å². The summed E-state index contributed by atoms with van der Waals surface area (Å²) in [5.74, 6) is -0.672. The predicted octanol–water partition coefficient (Wildman–Crippen LogP) is 4.60. The molecule has 39 heavy (non-hydrogen) atoms. The Bertz CT molecular complexity index is 1470. The molecule has 0 aliphatic rings. The largest absolute Gasteiger partial charge is 0.463 e. The van der Waals surface area contributed by atoms with Crippen molar-refractivity contribution in [1.82, 2.24) is 20.5 Å². The maximum atomic E-state index is 13.5. The molecule has 0 saturated carbocycles. The number of aromatic nitrogens is 3. The van der Waals surface area contributed by atoms with Crippen LogP contribution in [0.25, 0.3) is 0 Å². The Balaban J connectivity index is 1.53. The summed E-state index contributed by atoms with van der Waals surface area (Å²) in [5.41, 5.74) is 3.23. The van der Waals surface area contributed by atoms with Gasteiger partial charge in [-0.15, -0.1) is 0 Å². The predicted molar refractivity (Wildman–Crippen MR) is 138 cm³/mol. The number of carbonyl (C=O) groups excluding carboxylic acids is 1. The van der Waals surface area contributed by atoms with Crippen molar-refractivity contribution < 1.29 is 27.4 Å². The Hall–Kier alpha value is -4.38. The number of H-pyrrole nitrogens is 2. The third-order valence-electron chi connectivity index (χ3n) is 6.19. The minimum absolute atomic E-state index is 0.0134. The van der Waals surface area contributed by atoms with Gasteiger partial charge in [-0.2, -0.15) is 5.10 Å². The van der Waals surface area contributed by atoms with Crippen LogP contribution in [0.2, 0.25) is 0 Å². The van der Waals surface area contributed by atoms with Gasteiger partial charge in [0.2, 0.25) is 6.86 Å². The lowest BCUT2D eigenvalue weighted by Gasteiger charge is -2.14. The number of rotatable bonds is 12. The van der Waals surface area contributed by atoms with E-state index in [1.807, 2.05) is 24.3 Å². The number of carbonyl (C=O) groups is 1. The average Bonchev–Trinajstić information content (AvgIpc) is 3.32. The smallest absolute Gasteiger partial charge is 0.272 e. The fourth-order valence-electron chi connectivity index (χ4n) is 4.26. The molecule has 0 aliphatic heterocycles. The molecule has 1 amide bonds. The van der Waals surface area contributed by atoms with Crippen molar-refractivity contribution in [2.45, 2.75) is 32.4 Å². The number of ether oxygens (including phenoxy) is 2. The fourth-order valence-corrected chi connectivity index (χ4v) is 4.26. The van der Waals surface area contributed by atoms with Crippen LogP contribution in [-0.4, -0.2) is 35.1 Å². The standard InChI is InChI=1S/C28H27F3N4O4/c1-38-15-23-21(13-18-9-7-17(8-10-18)12-19-4-3-11-32-27(19)36)25(35-34-23)28(37)33-14-22-20(26(30)31)5-2-6-24(22)39-16-29/h2-11,26H,12-16H2,1H3,(H,32,36)(H,33,37)(H,34,35). The molecule has 3 N–H and O–H groups in total. The Morgan fingerprint density at radius 2 is 1.77 bits per heavy atom. The van der Waals surface area contributed by atoms with E-state index < -0.39 is 19.2 Å². The summed E-state index contributed by atoms with van der Waals surface area (Å²) >= 11 is 0. The maximum Gasteiger partial charge on any atom is 0.272 e. The van der Waals surface area contributed by atoms with Crippen LogP contribution in [0.4, 0.5) is 13.2 Å². The molecule has 4 aromatic rings. The second-order valence-electron chi connectivity index (χ2n) is 8.72. The van der Waals surface area contributed by atoms with Gasteiger partial charge >= 0.3 is 0 Å². The molecule has 2 aromatic carbocycles. The Morgan fingerprint density at radius 3 is 2.44 bits per heavy atom. The average molecular weight is 541 g/mol. The topological polar surface area (TPSA) is 109 Å². The van der Waals surface area contributed by atoms with Crippen molar-refractivity contribution in [1.29, 1.82) is 0 Å². The number of alkyl halides is 3. The van der Waals surface area contributed by atoms with Crippen molar-refractivity contribution in [2.24, 2.45) is 0 Å². The Labute approximate surface area is 222 Å². The van der Waals surface area contributed by atoms with Crippen LogP contribution in [0.15, 0.2) is 65.6 Å². The first-order valence-corrected chi connectivity index (χ1v) is 12.1. The Morgan fingerprint density at radius 1 is 1.03 bits per heavy atom. The van der Waals surface area contributed by atoms with E-state index in [1.165, 1.54) is 25.3 Å². The van der Waals surface area contributed by atoms with Crippen LogP contribution in [0.3, 0.4) is 0 Å².